The van der Waals surface area contributed by atoms with Crippen LogP contribution in [0.3, 0.4) is 0 Å². The summed E-state index contributed by atoms with van der Waals surface area (Å²) < 4.78 is 30.8. The minimum Gasteiger partial charge on any atom is -0.497 e. The summed E-state index contributed by atoms with van der Waals surface area (Å²) in [6, 6.07) is 15.8. The Bertz CT molecular complexity index is 2430. The molecule has 0 amide bonds. The number of halogens is 1. The molecule has 4 atom stereocenters. The van der Waals surface area contributed by atoms with Crippen molar-refractivity contribution in [3.63, 3.8) is 0 Å². The van der Waals surface area contributed by atoms with Crippen molar-refractivity contribution in [1.29, 1.82) is 0 Å². The number of rotatable bonds is 11. The number of carbonyl (C=O) groups excluding carboxylic acids is 4. The Morgan fingerprint density at radius 1 is 0.918 bits per heavy atom. The van der Waals surface area contributed by atoms with Gasteiger partial charge < -0.3 is 28.8 Å². The maximum atomic E-state index is 13.7. The van der Waals surface area contributed by atoms with Crippen molar-refractivity contribution in [2.45, 2.75) is 101 Å². The van der Waals surface area contributed by atoms with Crippen LogP contribution in [-0.2, 0) is 37.3 Å². The van der Waals surface area contributed by atoms with E-state index in [2.05, 4.69) is 4.90 Å². The van der Waals surface area contributed by atoms with Gasteiger partial charge in [0, 0.05) is 46.2 Å². The van der Waals surface area contributed by atoms with Crippen LogP contribution < -0.4 is 14.2 Å². The fraction of sp³-hybridized carbons (Fsp3) is 0.500. The summed E-state index contributed by atoms with van der Waals surface area (Å²) in [5, 5.41) is 13.8. The zero-order chi connectivity index (χ0) is 42.2. The highest BCUT2D eigenvalue weighted by molar-refractivity contribution is 6.30. The maximum Gasteiger partial charge on any atom is 0.513 e. The molecule has 10 rings (SSSR count). The maximum absolute atomic E-state index is 13.7. The zero-order valence-electron chi connectivity index (χ0n) is 34.6. The first-order chi connectivity index (χ1) is 29.5. The normalized spacial score (nSPS) is 27.6. The van der Waals surface area contributed by atoms with Gasteiger partial charge in [-0.25, -0.2) is 4.79 Å². The van der Waals surface area contributed by atoms with Crippen LogP contribution in [0.2, 0.25) is 5.02 Å². The Morgan fingerprint density at radius 2 is 1.64 bits per heavy atom. The Labute approximate surface area is 359 Å². The van der Waals surface area contributed by atoms with Crippen LogP contribution in [0.15, 0.2) is 54.6 Å². The van der Waals surface area contributed by atoms with Gasteiger partial charge in [0.1, 0.15) is 5.75 Å². The number of carbonyl (C=O) groups is 4. The average molecular weight is 851 g/mol. The molecule has 1 saturated heterocycles. The first kappa shape index (κ1) is 40.2. The summed E-state index contributed by atoms with van der Waals surface area (Å²) in [6.07, 6.45) is 6.01. The Kier molecular flexibility index (Phi) is 10.2. The molecule has 1 spiro atoms. The molecule has 12 nitrogen and oxygen atoms in total. The highest BCUT2D eigenvalue weighted by atomic mass is 35.5. The third-order valence-corrected chi connectivity index (χ3v) is 15.0. The molecule has 0 unspecified atom stereocenters. The quantitative estimate of drug-likeness (QED) is 0.118. The lowest BCUT2D eigenvalue weighted by Gasteiger charge is -2.62. The molecule has 3 heterocycles. The highest BCUT2D eigenvalue weighted by Gasteiger charge is 2.73. The monoisotopic (exact) mass is 850 g/mol. The molecule has 0 radical (unpaired) electrons. The van der Waals surface area contributed by atoms with Crippen molar-refractivity contribution >= 4 is 46.3 Å². The van der Waals surface area contributed by atoms with Crippen molar-refractivity contribution in [3.05, 3.63) is 87.6 Å². The molecule has 6 aliphatic rings. The average Bonchev–Trinajstić information content (AvgIpc) is 3.95. The number of methoxy groups -OCH3 is 1. The smallest absolute Gasteiger partial charge is 0.497 e. The fourth-order valence-electron chi connectivity index (χ4n) is 11.4. The Morgan fingerprint density at radius 3 is 2.36 bits per heavy atom. The molecule has 320 valence electrons. The number of nitrogens with zero attached hydrogens (tertiary/aromatic N) is 2. The number of ketones is 1. The van der Waals surface area contributed by atoms with Crippen molar-refractivity contribution < 1.29 is 48.0 Å². The van der Waals surface area contributed by atoms with E-state index in [-0.39, 0.29) is 67.3 Å². The van der Waals surface area contributed by atoms with Gasteiger partial charge in [0.05, 0.1) is 43.3 Å². The molecule has 13 heteroatoms. The largest absolute Gasteiger partial charge is 0.513 e. The van der Waals surface area contributed by atoms with Gasteiger partial charge in [-0.05, 0) is 149 Å². The summed E-state index contributed by atoms with van der Waals surface area (Å²) in [7, 11) is 1.58. The molecule has 1 N–H and O–H groups in total. The van der Waals surface area contributed by atoms with Gasteiger partial charge in [-0.15, -0.1) is 0 Å². The lowest BCUT2D eigenvalue weighted by molar-refractivity contribution is -0.188. The second-order valence-electron chi connectivity index (χ2n) is 18.2. The number of aliphatic hydroxyl groups is 1. The zero-order valence-corrected chi connectivity index (χ0v) is 35.3. The molecule has 4 aromatic rings. The third-order valence-electron chi connectivity index (χ3n) is 14.8. The molecular formula is C48H51ClN2O10. The minimum atomic E-state index is -1.09. The number of likely N-dealkylation sites (tertiary alicyclic amines) is 1. The predicted molar refractivity (Wildman–Crippen MR) is 225 cm³/mol. The van der Waals surface area contributed by atoms with Crippen LogP contribution in [0.25, 0.3) is 10.9 Å². The summed E-state index contributed by atoms with van der Waals surface area (Å²) in [6.45, 7) is 4.08. The van der Waals surface area contributed by atoms with Gasteiger partial charge in [0.2, 0.25) is 0 Å². The van der Waals surface area contributed by atoms with Crippen molar-refractivity contribution in [3.8, 4) is 17.2 Å². The third kappa shape index (κ3) is 6.80. The standard InChI is InChI=1S/C48H51ClN2O10/c1-27-35(36-22-34(57-2)14-15-37(36)51(27)45(54)31-9-12-33(49)13-10-31)23-41(53)58-25-29-5-7-30(8-6-29)26-59-46(55)60-39-16-11-32-21-40-48(56)18-17-38(52)44-47(48,42(32)43(39)61-44)19-20-50(40)24-28-3-4-28/h9-16,22,28-30,40,44,56H,3-8,17-21,23-26H2,1-2H3/t29?,30?,40-,44+,47+,48-/m1/s1. The number of hydrogen-bond donors (Lipinski definition) is 1. The Hall–Kier alpha value is -4.91. The molecule has 4 fully saturated rings. The highest BCUT2D eigenvalue weighted by Crippen LogP contribution is 2.65. The molecular weight excluding hydrogens is 800 g/mol. The van der Waals surface area contributed by atoms with Gasteiger partial charge in [-0.1, -0.05) is 17.7 Å². The molecule has 3 saturated carbocycles. The van der Waals surface area contributed by atoms with Crippen LogP contribution in [0.1, 0.15) is 90.5 Å². The second kappa shape index (κ2) is 15.5. The molecule has 3 aromatic carbocycles. The van der Waals surface area contributed by atoms with E-state index in [0.29, 0.717) is 64.0 Å². The lowest BCUT2D eigenvalue weighted by Crippen LogP contribution is -2.76. The number of fused-ring (bicyclic) bond motifs is 1. The molecule has 61 heavy (non-hydrogen) atoms. The van der Waals surface area contributed by atoms with Gasteiger partial charge in [-0.2, -0.15) is 0 Å². The summed E-state index contributed by atoms with van der Waals surface area (Å²) in [4.78, 5) is 56.1. The topological polar surface area (TPSA) is 143 Å². The van der Waals surface area contributed by atoms with E-state index in [4.69, 9.17) is 35.3 Å². The molecule has 2 aliphatic heterocycles. The minimum absolute atomic E-state index is 0.00298. The van der Waals surface area contributed by atoms with E-state index >= 15 is 0 Å². The van der Waals surface area contributed by atoms with Crippen molar-refractivity contribution in [2.75, 3.05) is 33.4 Å². The Balaban J connectivity index is 0.740. The van der Waals surface area contributed by atoms with E-state index < -0.39 is 23.3 Å². The van der Waals surface area contributed by atoms with Crippen molar-refractivity contribution in [1.82, 2.24) is 9.47 Å². The summed E-state index contributed by atoms with van der Waals surface area (Å²) in [5.41, 5.74) is 2.45. The number of esters is 1. The SMILES string of the molecule is COc1ccc2c(c1)c(CC(=O)OCC1CCC(COC(=O)Oc3ccc4c5c3O[C@H]3C(=O)CC[C@@]6(O)[C@@H](C4)N(CC4CC4)CC[C@]536)CC1)c(C)n2C(=O)c1ccc(Cl)cc1. The van der Waals surface area contributed by atoms with E-state index in [9.17, 15) is 24.3 Å². The second-order valence-corrected chi connectivity index (χ2v) is 18.6. The van der Waals surface area contributed by atoms with Gasteiger partial charge in [0.15, 0.2) is 23.4 Å². The number of aromatic nitrogens is 1. The van der Waals surface area contributed by atoms with E-state index in [0.717, 1.165) is 55.3 Å². The van der Waals surface area contributed by atoms with Crippen LogP contribution in [0.5, 0.6) is 17.2 Å². The molecule has 2 bridgehead atoms. The van der Waals surface area contributed by atoms with Gasteiger partial charge in [0.25, 0.3) is 5.91 Å². The predicted octanol–water partition coefficient (Wildman–Crippen LogP) is 7.54. The first-order valence-electron chi connectivity index (χ1n) is 21.8. The van der Waals surface area contributed by atoms with E-state index in [1.807, 2.05) is 25.1 Å². The molecule has 4 aliphatic carbocycles. The van der Waals surface area contributed by atoms with Crippen LogP contribution >= 0.6 is 11.6 Å². The number of Topliss-reactive ketones (excluding diaryl/α,β-unsaturated/α-hetero) is 1. The number of hydrogen-bond acceptors (Lipinski definition) is 11. The van der Waals surface area contributed by atoms with Crippen LogP contribution in [0, 0.1) is 24.7 Å². The first-order valence-corrected chi connectivity index (χ1v) is 22.2. The van der Waals surface area contributed by atoms with Gasteiger partial charge >= 0.3 is 12.1 Å². The molecule has 1 aromatic heterocycles. The lowest BCUT2D eigenvalue weighted by atomic mass is 9.49. The van der Waals surface area contributed by atoms with E-state index in [1.165, 1.54) is 12.8 Å². The number of benzene rings is 3. The summed E-state index contributed by atoms with van der Waals surface area (Å²) in [5.74, 6) is 1.60. The van der Waals surface area contributed by atoms with Crippen LogP contribution in [0.4, 0.5) is 4.79 Å². The van der Waals surface area contributed by atoms with E-state index in [1.54, 1.807) is 48.1 Å². The van der Waals surface area contributed by atoms with Gasteiger partial charge in [-0.3, -0.25) is 23.9 Å². The number of ether oxygens (including phenoxy) is 5. The summed E-state index contributed by atoms with van der Waals surface area (Å²) >= 11 is 6.07. The number of piperidine rings is 1. The fourth-order valence-corrected chi connectivity index (χ4v) is 11.5. The van der Waals surface area contributed by atoms with Crippen molar-refractivity contribution in [2.24, 2.45) is 17.8 Å². The van der Waals surface area contributed by atoms with Crippen LogP contribution in [-0.4, -0.2) is 89.5 Å².